The fraction of sp³-hybridized carbons (Fsp3) is 0.500. The summed E-state index contributed by atoms with van der Waals surface area (Å²) in [5.74, 6) is -1.12. The fourth-order valence-corrected chi connectivity index (χ4v) is 7.11. The molecular formula is C38H49N3O7. The Morgan fingerprint density at radius 3 is 2.35 bits per heavy atom. The summed E-state index contributed by atoms with van der Waals surface area (Å²) >= 11 is 0. The maximum Gasteiger partial charge on any atom is 0.274 e. The van der Waals surface area contributed by atoms with Gasteiger partial charge in [0.25, 0.3) is 5.91 Å². The van der Waals surface area contributed by atoms with Gasteiger partial charge in [0.15, 0.2) is 11.4 Å². The van der Waals surface area contributed by atoms with Crippen LogP contribution in [0.4, 0.5) is 0 Å². The molecule has 0 spiro atoms. The maximum atomic E-state index is 13.7. The van der Waals surface area contributed by atoms with Crippen LogP contribution in [0.25, 0.3) is 0 Å². The van der Waals surface area contributed by atoms with Crippen LogP contribution in [0.1, 0.15) is 80.0 Å². The van der Waals surface area contributed by atoms with E-state index in [1.54, 1.807) is 12.1 Å². The van der Waals surface area contributed by atoms with Crippen LogP contribution in [0, 0.1) is 17.8 Å². The number of ether oxygens (including phenoxy) is 2. The maximum absolute atomic E-state index is 13.7. The molecule has 258 valence electrons. The Morgan fingerprint density at radius 2 is 1.60 bits per heavy atom. The predicted octanol–water partition coefficient (Wildman–Crippen LogP) is 4.38. The van der Waals surface area contributed by atoms with Gasteiger partial charge in [0.2, 0.25) is 5.91 Å². The molecule has 0 bridgehead atoms. The van der Waals surface area contributed by atoms with Gasteiger partial charge in [-0.25, -0.2) is 4.98 Å². The van der Waals surface area contributed by atoms with Crippen LogP contribution in [-0.2, 0) is 11.2 Å². The first-order valence-electron chi connectivity index (χ1n) is 17.2. The molecule has 1 aromatic heterocycles. The summed E-state index contributed by atoms with van der Waals surface area (Å²) in [6.07, 6.45) is 3.84. The Morgan fingerprint density at radius 1 is 0.896 bits per heavy atom. The summed E-state index contributed by atoms with van der Waals surface area (Å²) in [5, 5.41) is 40.0. The number of aliphatic hydroxyl groups excluding tert-OH is 3. The Balaban J connectivity index is 1.29. The Bertz CT molecular complexity index is 1480. The number of rotatable bonds is 15. The number of aromatic nitrogens is 1. The summed E-state index contributed by atoms with van der Waals surface area (Å²) in [5.41, 5.74) is 1.87. The van der Waals surface area contributed by atoms with Gasteiger partial charge in [-0.05, 0) is 53.6 Å². The molecule has 10 heteroatoms. The van der Waals surface area contributed by atoms with Crippen molar-refractivity contribution < 1.29 is 34.4 Å². The number of nitrogens with one attached hydrogen (secondary N) is 2. The molecule has 5 N–H and O–H groups in total. The normalized spacial score (nSPS) is 20.3. The molecule has 0 saturated heterocycles. The van der Waals surface area contributed by atoms with E-state index in [9.17, 15) is 24.9 Å². The third-order valence-electron chi connectivity index (χ3n) is 9.62. The van der Waals surface area contributed by atoms with Crippen LogP contribution in [-0.4, -0.2) is 69.7 Å². The van der Waals surface area contributed by atoms with Crippen LogP contribution in [0.15, 0.2) is 72.9 Å². The van der Waals surface area contributed by atoms with Crippen molar-refractivity contribution in [1.82, 2.24) is 15.6 Å². The van der Waals surface area contributed by atoms with Gasteiger partial charge < -0.3 is 35.4 Å². The van der Waals surface area contributed by atoms with Crippen molar-refractivity contribution in [2.24, 2.45) is 17.8 Å². The van der Waals surface area contributed by atoms with Gasteiger partial charge >= 0.3 is 0 Å². The average molecular weight is 660 g/mol. The van der Waals surface area contributed by atoms with E-state index >= 15 is 0 Å². The number of hydrogen-bond donors (Lipinski definition) is 5. The lowest BCUT2D eigenvalue weighted by Gasteiger charge is -2.36. The molecule has 1 heterocycles. The van der Waals surface area contributed by atoms with E-state index in [4.69, 9.17) is 9.47 Å². The molecule has 1 saturated carbocycles. The zero-order valence-electron chi connectivity index (χ0n) is 27.8. The van der Waals surface area contributed by atoms with Crippen LogP contribution in [0.3, 0.4) is 0 Å². The SMILES string of the molecule is CC(C)[C@@H](C(=O)N[C@H]1c2ccccc2C[C@H]1O)[C@@H](O)[C@H](O)[C@H](CC1CCCCC1)NC(=O)c1ncccc1OCCOc1ccccc1. The van der Waals surface area contributed by atoms with Crippen molar-refractivity contribution in [3.63, 3.8) is 0 Å². The topological polar surface area (TPSA) is 150 Å². The average Bonchev–Trinajstić information content (AvgIpc) is 3.41. The molecule has 2 aliphatic carbocycles. The number of amides is 2. The Kier molecular flexibility index (Phi) is 12.4. The molecule has 2 aliphatic rings. The van der Waals surface area contributed by atoms with Gasteiger partial charge in [-0.3, -0.25) is 9.59 Å². The third-order valence-corrected chi connectivity index (χ3v) is 9.62. The predicted molar refractivity (Wildman–Crippen MR) is 181 cm³/mol. The highest BCUT2D eigenvalue weighted by molar-refractivity contribution is 5.95. The van der Waals surface area contributed by atoms with E-state index in [1.807, 2.05) is 68.4 Å². The van der Waals surface area contributed by atoms with Crippen molar-refractivity contribution in [3.8, 4) is 11.5 Å². The minimum Gasteiger partial charge on any atom is -0.490 e. The zero-order valence-corrected chi connectivity index (χ0v) is 27.8. The highest BCUT2D eigenvalue weighted by atomic mass is 16.5. The van der Waals surface area contributed by atoms with Gasteiger partial charge in [-0.1, -0.05) is 88.4 Å². The second-order valence-electron chi connectivity index (χ2n) is 13.4. The monoisotopic (exact) mass is 659 g/mol. The van der Waals surface area contributed by atoms with Crippen LogP contribution in [0.2, 0.25) is 0 Å². The van der Waals surface area contributed by atoms with Crippen LogP contribution < -0.4 is 20.1 Å². The van der Waals surface area contributed by atoms with E-state index in [0.717, 1.165) is 43.2 Å². The van der Waals surface area contributed by atoms with E-state index in [0.29, 0.717) is 18.6 Å². The van der Waals surface area contributed by atoms with Gasteiger partial charge in [0.1, 0.15) is 25.1 Å². The Hall–Kier alpha value is -3.99. The van der Waals surface area contributed by atoms with E-state index < -0.39 is 48.1 Å². The van der Waals surface area contributed by atoms with E-state index in [1.165, 1.54) is 6.20 Å². The van der Waals surface area contributed by atoms with Crippen molar-refractivity contribution in [2.75, 3.05) is 13.2 Å². The van der Waals surface area contributed by atoms with Crippen molar-refractivity contribution in [1.29, 1.82) is 0 Å². The highest BCUT2D eigenvalue weighted by Crippen LogP contribution is 2.33. The van der Waals surface area contributed by atoms with Crippen molar-refractivity contribution in [2.45, 2.75) is 89.2 Å². The number of nitrogens with zero attached hydrogens (tertiary/aromatic N) is 1. The van der Waals surface area contributed by atoms with Crippen molar-refractivity contribution in [3.05, 3.63) is 89.7 Å². The number of pyridine rings is 1. The summed E-state index contributed by atoms with van der Waals surface area (Å²) in [6.45, 7) is 4.07. The standard InChI is InChI=1S/C38H49N3O7/c1-24(2)32(37(45)41-33-28-17-10-9-14-26(28)23-30(33)42)36(44)35(43)29(22-25-12-5-3-6-13-25)40-38(46)34-31(18-11-19-39-34)48-21-20-47-27-15-7-4-8-16-27/h4,7-11,14-19,24-25,29-30,32-33,35-36,42-44H,3,5-6,12-13,20-23H2,1-2H3,(H,40,46)(H,41,45)/t29-,30+,32+,33-,35+,36+/m0/s1. The lowest BCUT2D eigenvalue weighted by atomic mass is 9.79. The molecule has 10 nitrogen and oxygen atoms in total. The van der Waals surface area contributed by atoms with E-state index in [2.05, 4.69) is 15.6 Å². The quantitative estimate of drug-likeness (QED) is 0.151. The smallest absolute Gasteiger partial charge is 0.274 e. The molecule has 2 aromatic carbocycles. The van der Waals surface area contributed by atoms with E-state index in [-0.39, 0.29) is 36.5 Å². The number of aliphatic hydroxyl groups is 3. The summed E-state index contributed by atoms with van der Waals surface area (Å²) in [6, 6.07) is 18.8. The van der Waals surface area contributed by atoms with Crippen molar-refractivity contribution >= 4 is 11.8 Å². The number of carbonyl (C=O) groups is 2. The van der Waals surface area contributed by atoms with Gasteiger partial charge in [-0.2, -0.15) is 0 Å². The summed E-state index contributed by atoms with van der Waals surface area (Å²) < 4.78 is 11.6. The molecule has 1 fully saturated rings. The number of hydrogen-bond acceptors (Lipinski definition) is 8. The lowest BCUT2D eigenvalue weighted by molar-refractivity contribution is -0.137. The highest BCUT2D eigenvalue weighted by Gasteiger charge is 2.42. The second-order valence-corrected chi connectivity index (χ2v) is 13.4. The largest absolute Gasteiger partial charge is 0.490 e. The summed E-state index contributed by atoms with van der Waals surface area (Å²) in [7, 11) is 0. The molecule has 0 radical (unpaired) electrons. The minimum absolute atomic E-state index is 0.0552. The van der Waals surface area contributed by atoms with Gasteiger partial charge in [0, 0.05) is 12.6 Å². The van der Waals surface area contributed by atoms with Crippen LogP contribution in [0.5, 0.6) is 11.5 Å². The molecular weight excluding hydrogens is 610 g/mol. The first-order chi connectivity index (χ1) is 23.2. The molecule has 0 aliphatic heterocycles. The summed E-state index contributed by atoms with van der Waals surface area (Å²) in [4.78, 5) is 31.8. The molecule has 48 heavy (non-hydrogen) atoms. The first-order valence-corrected chi connectivity index (χ1v) is 17.2. The number of fused-ring (bicyclic) bond motifs is 1. The van der Waals surface area contributed by atoms with Gasteiger partial charge in [-0.15, -0.1) is 0 Å². The van der Waals surface area contributed by atoms with Gasteiger partial charge in [0.05, 0.1) is 30.2 Å². The number of carbonyl (C=O) groups excluding carboxylic acids is 2. The zero-order chi connectivity index (χ0) is 34.0. The number of benzene rings is 2. The molecule has 3 aromatic rings. The number of para-hydroxylation sites is 1. The second kappa shape index (κ2) is 16.9. The molecule has 6 atom stereocenters. The Labute approximate surface area is 282 Å². The lowest BCUT2D eigenvalue weighted by Crippen LogP contribution is -2.55. The molecule has 5 rings (SSSR count). The first kappa shape index (κ1) is 35.3. The minimum atomic E-state index is -1.48. The van der Waals surface area contributed by atoms with Crippen LogP contribution >= 0.6 is 0 Å². The fourth-order valence-electron chi connectivity index (χ4n) is 7.11. The molecule has 0 unspecified atom stereocenters. The third kappa shape index (κ3) is 8.92. The molecule has 2 amide bonds.